The summed E-state index contributed by atoms with van der Waals surface area (Å²) in [6.45, 7) is 4.15. The van der Waals surface area contributed by atoms with Gasteiger partial charge in [0.1, 0.15) is 6.54 Å². The number of hydrogen-bond acceptors (Lipinski definition) is 4. The quantitative estimate of drug-likeness (QED) is 0.696. The normalized spacial score (nSPS) is 17.4. The summed E-state index contributed by atoms with van der Waals surface area (Å²) in [4.78, 5) is 13.9. The lowest BCUT2D eigenvalue weighted by molar-refractivity contribution is -0.907. The number of amides is 1. The van der Waals surface area contributed by atoms with Crippen molar-refractivity contribution in [2.75, 3.05) is 38.7 Å². The van der Waals surface area contributed by atoms with Gasteiger partial charge < -0.3 is 15.0 Å². The highest BCUT2D eigenvalue weighted by molar-refractivity contribution is 7.89. The molecule has 2 atom stereocenters. The van der Waals surface area contributed by atoms with Crippen LogP contribution in [0.2, 0.25) is 0 Å². The van der Waals surface area contributed by atoms with Crippen LogP contribution < -0.4 is 10.2 Å². The fourth-order valence-electron chi connectivity index (χ4n) is 3.19. The number of nitrogens with one attached hydrogen (secondary N) is 2. The Kier molecular flexibility index (Phi) is 7.02. The first-order valence-electron chi connectivity index (χ1n) is 9.73. The molecule has 156 valence electrons. The van der Waals surface area contributed by atoms with E-state index in [1.165, 1.54) is 22.0 Å². The Morgan fingerprint density at radius 2 is 1.72 bits per heavy atom. The van der Waals surface area contributed by atoms with Crippen LogP contribution in [0.4, 0.5) is 5.69 Å². The number of likely N-dealkylation sites (N-methyl/N-ethyl adjacent to an activating group) is 1. The predicted molar refractivity (Wildman–Crippen MR) is 111 cm³/mol. The number of morpholine rings is 1. The molecule has 29 heavy (non-hydrogen) atoms. The van der Waals surface area contributed by atoms with Crippen LogP contribution in [0.5, 0.6) is 0 Å². The molecule has 1 fully saturated rings. The van der Waals surface area contributed by atoms with Crippen molar-refractivity contribution in [3.8, 4) is 0 Å². The SMILES string of the molecule is C[C@H](C(=O)Nc1ccc(S(=O)(=O)N2CCOCC2)cc1)[NH+](C)Cc1ccccc1. The van der Waals surface area contributed by atoms with Gasteiger partial charge in [-0.15, -0.1) is 0 Å². The van der Waals surface area contributed by atoms with E-state index >= 15 is 0 Å². The molecule has 0 spiro atoms. The Bertz CT molecular complexity index is 911. The van der Waals surface area contributed by atoms with E-state index in [-0.39, 0.29) is 16.8 Å². The van der Waals surface area contributed by atoms with E-state index in [2.05, 4.69) is 5.32 Å². The highest BCUT2D eigenvalue weighted by atomic mass is 32.2. The lowest BCUT2D eigenvalue weighted by Gasteiger charge is -2.26. The molecule has 0 bridgehead atoms. The third-order valence-corrected chi connectivity index (χ3v) is 7.10. The van der Waals surface area contributed by atoms with Gasteiger partial charge in [0, 0.05) is 24.3 Å². The highest BCUT2D eigenvalue weighted by Crippen LogP contribution is 2.19. The third kappa shape index (κ3) is 5.42. The minimum absolute atomic E-state index is 0.109. The molecule has 0 radical (unpaired) electrons. The molecule has 3 rings (SSSR count). The zero-order chi connectivity index (χ0) is 20.9. The number of nitrogens with zero attached hydrogens (tertiary/aromatic N) is 1. The second-order valence-electron chi connectivity index (χ2n) is 7.26. The molecule has 0 aliphatic carbocycles. The summed E-state index contributed by atoms with van der Waals surface area (Å²) in [7, 11) is -1.55. The van der Waals surface area contributed by atoms with Crippen LogP contribution in [-0.2, 0) is 26.1 Å². The first-order valence-corrected chi connectivity index (χ1v) is 11.2. The highest BCUT2D eigenvalue weighted by Gasteiger charge is 2.26. The minimum Gasteiger partial charge on any atom is -0.379 e. The zero-order valence-corrected chi connectivity index (χ0v) is 17.6. The number of quaternary nitrogens is 1. The van der Waals surface area contributed by atoms with E-state index in [4.69, 9.17) is 4.74 Å². The van der Waals surface area contributed by atoms with E-state index in [1.54, 1.807) is 12.1 Å². The summed E-state index contributed by atoms with van der Waals surface area (Å²) in [6.07, 6.45) is 0. The number of carbonyl (C=O) groups is 1. The Morgan fingerprint density at radius 1 is 1.10 bits per heavy atom. The lowest BCUT2D eigenvalue weighted by atomic mass is 10.2. The van der Waals surface area contributed by atoms with E-state index in [0.717, 1.165) is 11.4 Å². The van der Waals surface area contributed by atoms with Crippen molar-refractivity contribution in [3.05, 3.63) is 60.2 Å². The van der Waals surface area contributed by atoms with E-state index in [9.17, 15) is 13.2 Å². The molecule has 1 amide bonds. The molecule has 1 aliphatic rings. The summed E-state index contributed by atoms with van der Waals surface area (Å²) in [5, 5.41) is 2.88. The molecule has 0 saturated carbocycles. The molecular weight excluding hydrogens is 390 g/mol. The molecule has 1 saturated heterocycles. The first-order chi connectivity index (χ1) is 13.9. The van der Waals surface area contributed by atoms with Crippen LogP contribution >= 0.6 is 0 Å². The fraction of sp³-hybridized carbons (Fsp3) is 0.381. The molecule has 8 heteroatoms. The van der Waals surface area contributed by atoms with Gasteiger partial charge in [-0.2, -0.15) is 4.31 Å². The number of anilines is 1. The molecule has 1 heterocycles. The lowest BCUT2D eigenvalue weighted by Crippen LogP contribution is -3.12. The molecule has 0 aromatic heterocycles. The van der Waals surface area contributed by atoms with Crippen molar-refractivity contribution < 1.29 is 22.8 Å². The predicted octanol–water partition coefficient (Wildman–Crippen LogP) is 0.749. The van der Waals surface area contributed by atoms with Crippen molar-refractivity contribution in [2.45, 2.75) is 24.4 Å². The van der Waals surface area contributed by atoms with Crippen molar-refractivity contribution in [1.29, 1.82) is 0 Å². The van der Waals surface area contributed by atoms with Crippen molar-refractivity contribution in [3.63, 3.8) is 0 Å². The summed E-state index contributed by atoms with van der Waals surface area (Å²) in [5.74, 6) is -0.109. The van der Waals surface area contributed by atoms with Gasteiger partial charge >= 0.3 is 0 Å². The van der Waals surface area contributed by atoms with Gasteiger partial charge in [-0.3, -0.25) is 4.79 Å². The Balaban J connectivity index is 1.60. The molecule has 2 N–H and O–H groups in total. The topological polar surface area (TPSA) is 80.2 Å². The maximum Gasteiger partial charge on any atom is 0.282 e. The van der Waals surface area contributed by atoms with Gasteiger partial charge in [-0.05, 0) is 31.2 Å². The molecule has 1 aliphatic heterocycles. The molecule has 1 unspecified atom stereocenters. The number of benzene rings is 2. The fourth-order valence-corrected chi connectivity index (χ4v) is 4.60. The zero-order valence-electron chi connectivity index (χ0n) is 16.8. The summed E-state index contributed by atoms with van der Waals surface area (Å²) < 4.78 is 32.0. The second kappa shape index (κ2) is 9.49. The van der Waals surface area contributed by atoms with Crippen LogP contribution in [-0.4, -0.2) is 58.0 Å². The monoisotopic (exact) mass is 418 g/mol. The molecular formula is C21H28N3O4S+. The Morgan fingerprint density at radius 3 is 2.34 bits per heavy atom. The van der Waals surface area contributed by atoms with Gasteiger partial charge in [0.15, 0.2) is 6.04 Å². The van der Waals surface area contributed by atoms with E-state index in [0.29, 0.717) is 32.0 Å². The standard InChI is InChI=1S/C21H27N3O4S/c1-17(23(2)16-18-6-4-3-5-7-18)21(25)22-19-8-10-20(11-9-19)29(26,27)24-12-14-28-15-13-24/h3-11,17H,12-16H2,1-2H3,(H,22,25)/p+1/t17-/m1/s1. The minimum atomic E-state index is -3.54. The third-order valence-electron chi connectivity index (χ3n) is 5.19. The van der Waals surface area contributed by atoms with Gasteiger partial charge in [0.05, 0.1) is 25.2 Å². The maximum absolute atomic E-state index is 12.7. The van der Waals surface area contributed by atoms with Crippen molar-refractivity contribution in [2.24, 2.45) is 0 Å². The summed E-state index contributed by atoms with van der Waals surface area (Å²) in [5.41, 5.74) is 1.75. The largest absolute Gasteiger partial charge is 0.379 e. The van der Waals surface area contributed by atoms with Crippen molar-refractivity contribution >= 4 is 21.6 Å². The van der Waals surface area contributed by atoms with Gasteiger partial charge in [0.2, 0.25) is 10.0 Å². The molecule has 7 nitrogen and oxygen atoms in total. The Labute approximate surface area is 172 Å². The van der Waals surface area contributed by atoms with Gasteiger partial charge in [-0.25, -0.2) is 8.42 Å². The number of carbonyl (C=O) groups excluding carboxylic acids is 1. The average molecular weight is 419 g/mol. The smallest absolute Gasteiger partial charge is 0.282 e. The van der Waals surface area contributed by atoms with Crippen LogP contribution in [0.1, 0.15) is 12.5 Å². The van der Waals surface area contributed by atoms with Crippen LogP contribution in [0.25, 0.3) is 0 Å². The van der Waals surface area contributed by atoms with Crippen molar-refractivity contribution in [1.82, 2.24) is 4.31 Å². The number of ether oxygens (including phenoxy) is 1. The second-order valence-corrected chi connectivity index (χ2v) is 9.20. The van der Waals surface area contributed by atoms with E-state index in [1.807, 2.05) is 44.3 Å². The molecule has 2 aromatic carbocycles. The first kappa shape index (κ1) is 21.4. The van der Waals surface area contributed by atoms with E-state index < -0.39 is 10.0 Å². The molecule has 2 aromatic rings. The van der Waals surface area contributed by atoms with Crippen LogP contribution in [0.15, 0.2) is 59.5 Å². The average Bonchev–Trinajstić information content (AvgIpc) is 2.75. The van der Waals surface area contributed by atoms with Gasteiger partial charge in [-0.1, -0.05) is 30.3 Å². The number of rotatable bonds is 7. The van der Waals surface area contributed by atoms with Crippen LogP contribution in [0.3, 0.4) is 0 Å². The maximum atomic E-state index is 12.7. The summed E-state index contributed by atoms with van der Waals surface area (Å²) in [6, 6.07) is 16.1. The van der Waals surface area contributed by atoms with Crippen LogP contribution in [0, 0.1) is 0 Å². The summed E-state index contributed by atoms with van der Waals surface area (Å²) >= 11 is 0. The number of hydrogen-bond donors (Lipinski definition) is 2. The Hall–Kier alpha value is -2.26. The number of sulfonamides is 1. The van der Waals surface area contributed by atoms with Gasteiger partial charge in [0.25, 0.3) is 5.91 Å².